The van der Waals surface area contributed by atoms with Gasteiger partial charge in [-0.3, -0.25) is 9.59 Å². The first-order valence-corrected chi connectivity index (χ1v) is 14.4. The van der Waals surface area contributed by atoms with Crippen molar-refractivity contribution in [2.24, 2.45) is 10.8 Å². The van der Waals surface area contributed by atoms with Crippen LogP contribution < -0.4 is 9.47 Å². The molecule has 0 heterocycles. The van der Waals surface area contributed by atoms with Gasteiger partial charge in [0.15, 0.2) is 17.0 Å². The van der Waals surface area contributed by atoms with Crippen molar-refractivity contribution in [2.75, 3.05) is 0 Å². The third-order valence-corrected chi connectivity index (χ3v) is 8.04. The van der Waals surface area contributed by atoms with E-state index in [1.807, 2.05) is 75.4 Å². The molecular formula is C35H40O5. The van der Waals surface area contributed by atoms with Gasteiger partial charge in [-0.25, -0.2) is 0 Å². The number of ether oxygens (including phenoxy) is 2. The van der Waals surface area contributed by atoms with E-state index < -0.39 is 16.6 Å². The molecule has 0 radical (unpaired) electrons. The topological polar surface area (TPSA) is 69.7 Å². The molecule has 3 aromatic rings. The van der Waals surface area contributed by atoms with Gasteiger partial charge in [0, 0.05) is 12.5 Å². The smallest absolute Gasteiger partial charge is 0.188 e. The van der Waals surface area contributed by atoms with Crippen LogP contribution in [0.2, 0.25) is 0 Å². The first kappa shape index (κ1) is 29.3. The minimum atomic E-state index is -1.75. The summed E-state index contributed by atoms with van der Waals surface area (Å²) in [6.07, 6.45) is 4.42. The maximum Gasteiger partial charge on any atom is 0.188 e. The largest absolute Gasteiger partial charge is 0.488 e. The number of fused-ring (bicyclic) bond motifs is 1. The van der Waals surface area contributed by atoms with Gasteiger partial charge in [-0.2, -0.15) is 0 Å². The summed E-state index contributed by atoms with van der Waals surface area (Å²) in [5.41, 5.74) is 0.420. The number of aldehydes is 1. The van der Waals surface area contributed by atoms with Crippen LogP contribution in [-0.4, -0.2) is 17.9 Å². The lowest BCUT2D eigenvalue weighted by atomic mass is 9.54. The zero-order chi connectivity index (χ0) is 28.8. The number of hydrogen-bond donors (Lipinski definition) is 0. The van der Waals surface area contributed by atoms with E-state index in [0.29, 0.717) is 36.2 Å². The van der Waals surface area contributed by atoms with Crippen molar-refractivity contribution in [2.45, 2.75) is 78.9 Å². The molecule has 2 atom stereocenters. The molecule has 0 aromatic heterocycles. The van der Waals surface area contributed by atoms with E-state index >= 15 is 0 Å². The van der Waals surface area contributed by atoms with E-state index in [2.05, 4.69) is 19.1 Å². The summed E-state index contributed by atoms with van der Waals surface area (Å²) >= 11 is 0. The van der Waals surface area contributed by atoms with Crippen LogP contribution in [0.1, 0.15) is 93.0 Å². The molecule has 0 N–H and O–H groups in total. The number of carbonyl (C=O) groups is 3. The van der Waals surface area contributed by atoms with Crippen molar-refractivity contribution in [1.29, 1.82) is 0 Å². The lowest BCUT2D eigenvalue weighted by molar-refractivity contribution is -0.138. The molecule has 1 aliphatic rings. The number of Topliss-reactive ketones (excluding diaryl/α,β-unsaturated/α-hetero) is 2. The molecule has 0 spiro atoms. The van der Waals surface area contributed by atoms with Gasteiger partial charge in [0.2, 0.25) is 0 Å². The number of benzene rings is 3. The number of carbonyl (C=O) groups excluding carboxylic acids is 3. The van der Waals surface area contributed by atoms with Gasteiger partial charge in [-0.1, -0.05) is 94.8 Å². The third kappa shape index (κ3) is 5.74. The van der Waals surface area contributed by atoms with Crippen molar-refractivity contribution < 1.29 is 23.9 Å². The molecule has 3 aromatic carbocycles. The second kappa shape index (κ2) is 12.6. The SMILES string of the molecule is CCCCC(Oc1cc2c(c(OCc3ccccc3)c1)C(=O)C(C=O)(C(=O)CCC)C(C)(C)C2)c1ccccc1. The second-order valence-corrected chi connectivity index (χ2v) is 11.4. The summed E-state index contributed by atoms with van der Waals surface area (Å²) in [4.78, 5) is 40.4. The molecule has 210 valence electrons. The van der Waals surface area contributed by atoms with Crippen LogP contribution in [0.4, 0.5) is 0 Å². The van der Waals surface area contributed by atoms with Crippen LogP contribution in [-0.2, 0) is 22.6 Å². The molecule has 2 unspecified atom stereocenters. The molecular weight excluding hydrogens is 500 g/mol. The zero-order valence-electron chi connectivity index (χ0n) is 24.1. The fourth-order valence-corrected chi connectivity index (χ4v) is 5.80. The summed E-state index contributed by atoms with van der Waals surface area (Å²) in [7, 11) is 0. The monoisotopic (exact) mass is 540 g/mol. The van der Waals surface area contributed by atoms with Gasteiger partial charge in [0.05, 0.1) is 5.56 Å². The van der Waals surface area contributed by atoms with E-state index in [1.165, 1.54) is 0 Å². The van der Waals surface area contributed by atoms with Gasteiger partial charge >= 0.3 is 0 Å². The van der Waals surface area contributed by atoms with Crippen LogP contribution in [0.25, 0.3) is 0 Å². The van der Waals surface area contributed by atoms with Crippen molar-refractivity contribution in [3.63, 3.8) is 0 Å². The van der Waals surface area contributed by atoms with Gasteiger partial charge in [-0.15, -0.1) is 0 Å². The van der Waals surface area contributed by atoms with Crippen molar-refractivity contribution in [3.8, 4) is 11.5 Å². The normalized spacial score (nSPS) is 18.4. The average molecular weight is 541 g/mol. The Morgan fingerprint density at radius 1 is 0.975 bits per heavy atom. The van der Waals surface area contributed by atoms with E-state index in [9.17, 15) is 14.4 Å². The minimum Gasteiger partial charge on any atom is -0.488 e. The third-order valence-electron chi connectivity index (χ3n) is 8.04. The molecule has 1 aliphatic carbocycles. The Morgan fingerprint density at radius 3 is 2.27 bits per heavy atom. The maximum absolute atomic E-state index is 14.3. The Bertz CT molecular complexity index is 1330. The van der Waals surface area contributed by atoms with Crippen LogP contribution in [0.3, 0.4) is 0 Å². The standard InChI is InChI=1S/C35H40O5/c1-5-7-19-29(26-17-12-9-13-18-26)40-28-20-27-22-34(3,4)35(24-36,31(37)14-6-2)33(38)32(27)30(21-28)39-23-25-15-10-8-11-16-25/h8-13,15-18,20-21,24,29H,5-7,14,19,22-23H2,1-4H3. The van der Waals surface area contributed by atoms with Gasteiger partial charge in [-0.05, 0) is 53.9 Å². The molecule has 0 fully saturated rings. The van der Waals surface area contributed by atoms with Gasteiger partial charge in [0.25, 0.3) is 0 Å². The first-order valence-electron chi connectivity index (χ1n) is 14.4. The van der Waals surface area contributed by atoms with Gasteiger partial charge in [0.1, 0.15) is 30.5 Å². The molecule has 0 saturated heterocycles. The van der Waals surface area contributed by atoms with Crippen LogP contribution in [0.15, 0.2) is 72.8 Å². The Hall–Kier alpha value is -3.73. The number of ketones is 2. The van der Waals surface area contributed by atoms with E-state index in [1.54, 1.807) is 6.07 Å². The number of rotatable bonds is 13. The summed E-state index contributed by atoms with van der Waals surface area (Å²) in [6.45, 7) is 7.94. The van der Waals surface area contributed by atoms with Crippen LogP contribution in [0.5, 0.6) is 11.5 Å². The fraction of sp³-hybridized carbons (Fsp3) is 0.400. The molecule has 4 rings (SSSR count). The molecule has 0 amide bonds. The fourth-order valence-electron chi connectivity index (χ4n) is 5.80. The van der Waals surface area contributed by atoms with Gasteiger partial charge < -0.3 is 14.3 Å². The molecule has 5 nitrogen and oxygen atoms in total. The van der Waals surface area contributed by atoms with E-state index in [4.69, 9.17) is 9.47 Å². The highest BCUT2D eigenvalue weighted by molar-refractivity contribution is 6.26. The molecule has 0 bridgehead atoms. The summed E-state index contributed by atoms with van der Waals surface area (Å²) in [6, 6.07) is 23.5. The van der Waals surface area contributed by atoms with Crippen molar-refractivity contribution >= 4 is 17.9 Å². The zero-order valence-corrected chi connectivity index (χ0v) is 24.1. The Labute approximate surface area is 237 Å². The highest BCUT2D eigenvalue weighted by Crippen LogP contribution is 2.52. The quantitative estimate of drug-likeness (QED) is 0.163. The predicted octanol–water partition coefficient (Wildman–Crippen LogP) is 7.90. The van der Waals surface area contributed by atoms with E-state index in [0.717, 1.165) is 36.0 Å². The van der Waals surface area contributed by atoms with Crippen LogP contribution in [0, 0.1) is 10.8 Å². The maximum atomic E-state index is 14.3. The number of unbranched alkanes of at least 4 members (excludes halogenated alkanes) is 1. The number of hydrogen-bond acceptors (Lipinski definition) is 5. The minimum absolute atomic E-state index is 0.159. The lowest BCUT2D eigenvalue weighted by Crippen LogP contribution is -2.55. The molecule has 0 aliphatic heterocycles. The van der Waals surface area contributed by atoms with E-state index in [-0.39, 0.29) is 24.9 Å². The Morgan fingerprint density at radius 2 is 1.65 bits per heavy atom. The molecule has 40 heavy (non-hydrogen) atoms. The Kier molecular flexibility index (Phi) is 9.24. The second-order valence-electron chi connectivity index (χ2n) is 11.4. The summed E-state index contributed by atoms with van der Waals surface area (Å²) in [5.74, 6) is 0.139. The summed E-state index contributed by atoms with van der Waals surface area (Å²) < 4.78 is 12.9. The molecule has 0 saturated carbocycles. The van der Waals surface area contributed by atoms with Crippen molar-refractivity contribution in [1.82, 2.24) is 0 Å². The van der Waals surface area contributed by atoms with Crippen LogP contribution >= 0.6 is 0 Å². The van der Waals surface area contributed by atoms with Crippen molar-refractivity contribution in [3.05, 3.63) is 95.1 Å². The molecule has 5 heteroatoms. The highest BCUT2D eigenvalue weighted by atomic mass is 16.5. The highest BCUT2D eigenvalue weighted by Gasteiger charge is 2.59. The average Bonchev–Trinajstić information content (AvgIpc) is 2.95. The Balaban J connectivity index is 1.81. The predicted molar refractivity (Wildman–Crippen MR) is 157 cm³/mol. The lowest BCUT2D eigenvalue weighted by Gasteiger charge is -2.45. The first-order chi connectivity index (χ1) is 19.3. The summed E-state index contributed by atoms with van der Waals surface area (Å²) in [5, 5.41) is 0.